The number of nitrogens with one attached hydrogen (secondary N) is 1. The molecule has 0 radical (unpaired) electrons. The van der Waals surface area contributed by atoms with E-state index in [0.717, 1.165) is 17.4 Å². The molecule has 0 saturated carbocycles. The van der Waals surface area contributed by atoms with Crippen LogP contribution in [0.4, 0.5) is 5.95 Å². The molecule has 0 spiro atoms. The van der Waals surface area contributed by atoms with Crippen molar-refractivity contribution in [2.75, 3.05) is 4.72 Å². The first-order chi connectivity index (χ1) is 9.69. The maximum Gasteiger partial charge on any atom is 0.345 e. The van der Waals surface area contributed by atoms with Gasteiger partial charge in [-0.3, -0.25) is 0 Å². The molecule has 0 aliphatic rings. The number of thiophene rings is 1. The Hall–Kier alpha value is -1.52. The van der Waals surface area contributed by atoms with E-state index in [1.54, 1.807) is 19.9 Å². The number of aryl methyl sites for hydroxylation is 2. The Morgan fingerprint density at radius 3 is 2.33 bits per heavy atom. The minimum atomic E-state index is -3.96. The van der Waals surface area contributed by atoms with Crippen LogP contribution in [0.2, 0.25) is 0 Å². The summed E-state index contributed by atoms with van der Waals surface area (Å²) in [4.78, 5) is 18.6. The third-order valence-electron chi connectivity index (χ3n) is 2.36. The Kier molecular flexibility index (Phi) is 4.30. The number of carboxylic acids is 1. The molecule has 0 saturated heterocycles. The summed E-state index contributed by atoms with van der Waals surface area (Å²) in [7, 11) is -3.96. The van der Waals surface area contributed by atoms with Gasteiger partial charge < -0.3 is 5.11 Å². The van der Waals surface area contributed by atoms with Gasteiger partial charge >= 0.3 is 5.97 Å². The van der Waals surface area contributed by atoms with Crippen LogP contribution in [0.1, 0.15) is 21.1 Å². The maximum atomic E-state index is 12.3. The molecular formula is C11H10BrN3O4S2. The Bertz CT molecular complexity index is 797. The molecule has 2 aromatic heterocycles. The number of hydrogen-bond acceptors (Lipinski definition) is 6. The number of carboxylic acid groups (broad SMARTS) is 1. The van der Waals surface area contributed by atoms with Gasteiger partial charge in [-0.1, -0.05) is 0 Å². The van der Waals surface area contributed by atoms with Crippen LogP contribution in [-0.2, 0) is 10.0 Å². The van der Waals surface area contributed by atoms with Gasteiger partial charge in [-0.15, -0.1) is 11.3 Å². The molecule has 21 heavy (non-hydrogen) atoms. The Labute approximate surface area is 133 Å². The van der Waals surface area contributed by atoms with E-state index in [2.05, 4.69) is 30.6 Å². The third-order valence-corrected chi connectivity index (χ3v) is 5.93. The van der Waals surface area contributed by atoms with Crippen molar-refractivity contribution in [2.24, 2.45) is 0 Å². The van der Waals surface area contributed by atoms with Crippen LogP contribution in [0.5, 0.6) is 0 Å². The highest BCUT2D eigenvalue weighted by Gasteiger charge is 2.24. The molecule has 0 bridgehead atoms. The number of anilines is 1. The fourth-order valence-corrected chi connectivity index (χ4v) is 4.94. The van der Waals surface area contributed by atoms with Gasteiger partial charge in [0.25, 0.3) is 10.0 Å². The molecule has 0 atom stereocenters. The van der Waals surface area contributed by atoms with Crippen molar-refractivity contribution < 1.29 is 18.3 Å². The smallest absolute Gasteiger partial charge is 0.345 e. The summed E-state index contributed by atoms with van der Waals surface area (Å²) in [6.07, 6.45) is 0. The van der Waals surface area contributed by atoms with Crippen LogP contribution in [0.25, 0.3) is 0 Å². The van der Waals surface area contributed by atoms with Crippen LogP contribution >= 0.6 is 27.3 Å². The van der Waals surface area contributed by atoms with Gasteiger partial charge in [0.05, 0.1) is 3.79 Å². The summed E-state index contributed by atoms with van der Waals surface area (Å²) in [6.45, 7) is 3.44. The lowest BCUT2D eigenvalue weighted by molar-refractivity contribution is 0.0702. The number of carbonyl (C=O) groups is 1. The summed E-state index contributed by atoms with van der Waals surface area (Å²) in [5, 5.41) is 8.90. The number of aromatic nitrogens is 2. The average molecular weight is 392 g/mol. The predicted molar refractivity (Wildman–Crippen MR) is 81.3 cm³/mol. The van der Waals surface area contributed by atoms with E-state index in [-0.39, 0.29) is 19.5 Å². The summed E-state index contributed by atoms with van der Waals surface area (Å²) in [5.41, 5.74) is 1.24. The Morgan fingerprint density at radius 2 is 1.86 bits per heavy atom. The second-order valence-corrected chi connectivity index (χ2v) is 8.15. The highest BCUT2D eigenvalue weighted by Crippen LogP contribution is 2.32. The number of nitrogens with zero attached hydrogens (tertiary/aromatic N) is 2. The molecule has 0 unspecified atom stereocenters. The highest BCUT2D eigenvalue weighted by atomic mass is 79.9. The van der Waals surface area contributed by atoms with Crippen LogP contribution in [0, 0.1) is 13.8 Å². The zero-order valence-electron chi connectivity index (χ0n) is 10.9. The van der Waals surface area contributed by atoms with E-state index in [0.29, 0.717) is 11.4 Å². The molecule has 2 aromatic rings. The quantitative estimate of drug-likeness (QED) is 0.827. The van der Waals surface area contributed by atoms with Crippen molar-refractivity contribution in [1.29, 1.82) is 0 Å². The van der Waals surface area contributed by atoms with Gasteiger partial charge in [0.15, 0.2) is 0 Å². The van der Waals surface area contributed by atoms with E-state index in [1.165, 1.54) is 0 Å². The number of hydrogen-bond donors (Lipinski definition) is 2. The minimum Gasteiger partial charge on any atom is -0.477 e. The SMILES string of the molecule is Cc1cc(C)nc(NS(=O)(=O)c2cc(C(=O)O)sc2Br)n1. The van der Waals surface area contributed by atoms with E-state index in [4.69, 9.17) is 5.11 Å². The molecule has 112 valence electrons. The number of aromatic carboxylic acids is 1. The van der Waals surface area contributed by atoms with Crippen LogP contribution in [0.3, 0.4) is 0 Å². The van der Waals surface area contributed by atoms with E-state index < -0.39 is 16.0 Å². The molecule has 7 nitrogen and oxygen atoms in total. The zero-order valence-corrected chi connectivity index (χ0v) is 14.1. The first-order valence-electron chi connectivity index (χ1n) is 5.57. The lowest BCUT2D eigenvalue weighted by atomic mass is 10.4. The number of rotatable bonds is 4. The normalized spacial score (nSPS) is 11.4. The number of sulfonamides is 1. The van der Waals surface area contributed by atoms with Gasteiger partial charge in [-0.05, 0) is 41.9 Å². The Morgan fingerprint density at radius 1 is 1.29 bits per heavy atom. The molecule has 0 aliphatic heterocycles. The first kappa shape index (κ1) is 15.9. The van der Waals surface area contributed by atoms with E-state index in [1.807, 2.05) is 0 Å². The topological polar surface area (TPSA) is 109 Å². The van der Waals surface area contributed by atoms with Gasteiger partial charge in [0.1, 0.15) is 9.77 Å². The fraction of sp³-hybridized carbons (Fsp3) is 0.182. The minimum absolute atomic E-state index is 0.0533. The molecule has 0 aromatic carbocycles. The summed E-state index contributed by atoms with van der Waals surface area (Å²) >= 11 is 3.88. The van der Waals surface area contributed by atoms with Gasteiger partial charge in [-0.2, -0.15) is 0 Å². The van der Waals surface area contributed by atoms with Gasteiger partial charge in [-0.25, -0.2) is 27.9 Å². The summed E-state index contributed by atoms with van der Waals surface area (Å²) < 4.78 is 27.0. The second-order valence-electron chi connectivity index (χ2n) is 4.13. The molecule has 2 heterocycles. The zero-order chi connectivity index (χ0) is 15.8. The van der Waals surface area contributed by atoms with E-state index >= 15 is 0 Å². The van der Waals surface area contributed by atoms with Crippen molar-refractivity contribution in [1.82, 2.24) is 9.97 Å². The average Bonchev–Trinajstić information content (AvgIpc) is 2.70. The standard InChI is InChI=1S/C11H10BrN3O4S2/c1-5-3-6(2)14-11(13-5)15-21(18,19)8-4-7(10(16)17)20-9(8)12/h3-4H,1-2H3,(H,16,17)(H,13,14,15). The monoisotopic (exact) mass is 391 g/mol. The van der Waals surface area contributed by atoms with Crippen molar-refractivity contribution in [3.8, 4) is 0 Å². The molecule has 0 fully saturated rings. The number of halogens is 1. The molecule has 2 rings (SSSR count). The second kappa shape index (κ2) is 5.70. The molecule has 10 heteroatoms. The largest absolute Gasteiger partial charge is 0.477 e. The summed E-state index contributed by atoms with van der Waals surface area (Å²) in [5.74, 6) is -1.24. The van der Waals surface area contributed by atoms with Crippen molar-refractivity contribution in [2.45, 2.75) is 18.7 Å². The van der Waals surface area contributed by atoms with Crippen molar-refractivity contribution in [3.05, 3.63) is 32.2 Å². The van der Waals surface area contributed by atoms with Crippen LogP contribution in [0.15, 0.2) is 20.8 Å². The lowest BCUT2D eigenvalue weighted by Gasteiger charge is -2.07. The van der Waals surface area contributed by atoms with Gasteiger partial charge in [0, 0.05) is 11.4 Å². The molecular weight excluding hydrogens is 382 g/mol. The van der Waals surface area contributed by atoms with E-state index in [9.17, 15) is 13.2 Å². The van der Waals surface area contributed by atoms with Crippen LogP contribution < -0.4 is 4.72 Å². The third kappa shape index (κ3) is 3.57. The molecule has 2 N–H and O–H groups in total. The molecule has 0 aliphatic carbocycles. The first-order valence-corrected chi connectivity index (χ1v) is 8.66. The van der Waals surface area contributed by atoms with Crippen molar-refractivity contribution in [3.63, 3.8) is 0 Å². The van der Waals surface area contributed by atoms with Gasteiger partial charge in [0.2, 0.25) is 5.95 Å². The highest BCUT2D eigenvalue weighted by molar-refractivity contribution is 9.11. The summed E-state index contributed by atoms with van der Waals surface area (Å²) in [6, 6.07) is 2.79. The van der Waals surface area contributed by atoms with Crippen molar-refractivity contribution >= 4 is 49.2 Å². The molecule has 0 amide bonds. The Balaban J connectivity index is 2.40. The van der Waals surface area contributed by atoms with Crippen LogP contribution in [-0.4, -0.2) is 29.5 Å². The predicted octanol–water partition coefficient (Wildman–Crippen LogP) is 2.42. The lowest BCUT2D eigenvalue weighted by Crippen LogP contribution is -2.15. The fourth-order valence-electron chi connectivity index (χ4n) is 1.59. The maximum absolute atomic E-state index is 12.3.